The Kier molecular flexibility index (Phi) is 4.25. The van der Waals surface area contributed by atoms with Gasteiger partial charge in [0, 0.05) is 28.0 Å². The van der Waals surface area contributed by atoms with E-state index in [0.717, 1.165) is 23.0 Å². The number of amides is 1. The fraction of sp³-hybridized carbons (Fsp3) is 0. The number of hydrogen-bond acceptors (Lipinski definition) is 4. The molecule has 2 N–H and O–H groups in total. The smallest absolute Gasteiger partial charge is 0.218 e. The van der Waals surface area contributed by atoms with Gasteiger partial charge in [-0.15, -0.1) is 0 Å². The highest BCUT2D eigenvalue weighted by Crippen LogP contribution is 2.32. The zero-order valence-corrected chi connectivity index (χ0v) is 14.3. The van der Waals surface area contributed by atoms with E-state index in [1.807, 2.05) is 24.3 Å². The predicted octanol–water partition coefficient (Wildman–Crippen LogP) is 4.65. The molecule has 128 valence electrons. The molecule has 0 bridgehead atoms. The quantitative estimate of drug-likeness (QED) is 0.506. The van der Waals surface area contributed by atoms with Gasteiger partial charge >= 0.3 is 0 Å². The van der Waals surface area contributed by atoms with E-state index in [9.17, 15) is 4.79 Å². The predicted molar refractivity (Wildman–Crippen MR) is 103 cm³/mol. The molecule has 0 aliphatic heterocycles. The van der Waals surface area contributed by atoms with Crippen LogP contribution in [0.3, 0.4) is 0 Å². The highest BCUT2D eigenvalue weighted by Gasteiger charge is 2.14. The number of fused-ring (bicyclic) bond motifs is 1. The monoisotopic (exact) mass is 363 g/mol. The van der Waals surface area contributed by atoms with Crippen LogP contribution in [0.2, 0.25) is 5.02 Å². The molecule has 0 radical (unpaired) electrons. The number of carbonyl (C=O) groups is 1. The van der Waals surface area contributed by atoms with Crippen molar-refractivity contribution in [2.75, 3.05) is 10.2 Å². The first-order chi connectivity index (χ1) is 12.7. The summed E-state index contributed by atoms with van der Waals surface area (Å²) in [5, 5.41) is 11.8. The SMILES string of the molecule is O=CN(c1ccc(Cl)cc1)c1cccnc1Nc1ccc2[nH]ncc2c1. The third-order valence-corrected chi connectivity index (χ3v) is 4.21. The number of pyridine rings is 1. The zero-order valence-electron chi connectivity index (χ0n) is 13.6. The Bertz CT molecular complexity index is 1060. The molecule has 0 atom stereocenters. The van der Waals surface area contributed by atoms with E-state index in [2.05, 4.69) is 20.5 Å². The van der Waals surface area contributed by atoms with Crippen LogP contribution < -0.4 is 10.2 Å². The number of halogens is 1. The Hall–Kier alpha value is -3.38. The largest absolute Gasteiger partial charge is 0.338 e. The molecule has 2 aromatic carbocycles. The van der Waals surface area contributed by atoms with Gasteiger partial charge in [-0.1, -0.05) is 11.6 Å². The van der Waals surface area contributed by atoms with Crippen LogP contribution in [0.5, 0.6) is 0 Å². The molecule has 0 unspecified atom stereocenters. The number of H-pyrrole nitrogens is 1. The first kappa shape index (κ1) is 16.1. The van der Waals surface area contributed by atoms with Crippen LogP contribution in [0.15, 0.2) is 67.0 Å². The van der Waals surface area contributed by atoms with Gasteiger partial charge < -0.3 is 5.32 Å². The summed E-state index contributed by atoms with van der Waals surface area (Å²) in [5.41, 5.74) is 3.14. The van der Waals surface area contributed by atoms with Crippen molar-refractivity contribution in [2.24, 2.45) is 0 Å². The van der Waals surface area contributed by atoms with Gasteiger partial charge in [0.15, 0.2) is 5.82 Å². The third-order valence-electron chi connectivity index (χ3n) is 3.96. The number of anilines is 4. The molecule has 2 heterocycles. The van der Waals surface area contributed by atoms with Gasteiger partial charge in [-0.05, 0) is 54.6 Å². The number of nitrogens with zero attached hydrogens (tertiary/aromatic N) is 3. The lowest BCUT2D eigenvalue weighted by atomic mass is 10.2. The number of aromatic nitrogens is 3. The maximum atomic E-state index is 11.8. The van der Waals surface area contributed by atoms with Gasteiger partial charge in [-0.3, -0.25) is 14.8 Å². The minimum absolute atomic E-state index is 0.567. The van der Waals surface area contributed by atoms with Crippen molar-refractivity contribution >= 4 is 51.8 Å². The molecular weight excluding hydrogens is 350 g/mol. The van der Waals surface area contributed by atoms with Gasteiger partial charge in [0.05, 0.1) is 17.4 Å². The molecular formula is C19H14ClN5O. The van der Waals surface area contributed by atoms with Gasteiger partial charge in [0.1, 0.15) is 0 Å². The van der Waals surface area contributed by atoms with Crippen LogP contribution in [0, 0.1) is 0 Å². The fourth-order valence-corrected chi connectivity index (χ4v) is 2.83. The topological polar surface area (TPSA) is 73.9 Å². The van der Waals surface area contributed by atoms with Crippen LogP contribution in [0.4, 0.5) is 22.9 Å². The first-order valence-electron chi connectivity index (χ1n) is 7.90. The number of aromatic amines is 1. The zero-order chi connectivity index (χ0) is 17.9. The van der Waals surface area contributed by atoms with E-state index < -0.39 is 0 Å². The number of nitrogens with one attached hydrogen (secondary N) is 2. The summed E-state index contributed by atoms with van der Waals surface area (Å²) in [5.74, 6) is 0.567. The summed E-state index contributed by atoms with van der Waals surface area (Å²) in [6, 6.07) is 16.5. The summed E-state index contributed by atoms with van der Waals surface area (Å²) in [4.78, 5) is 17.7. The van der Waals surface area contributed by atoms with Crippen molar-refractivity contribution in [3.63, 3.8) is 0 Å². The summed E-state index contributed by atoms with van der Waals surface area (Å²) >= 11 is 5.94. The lowest BCUT2D eigenvalue weighted by Crippen LogP contribution is -2.16. The summed E-state index contributed by atoms with van der Waals surface area (Å²) < 4.78 is 0. The number of benzene rings is 2. The van der Waals surface area contributed by atoms with Crippen molar-refractivity contribution in [3.8, 4) is 0 Å². The maximum Gasteiger partial charge on any atom is 0.218 e. The van der Waals surface area contributed by atoms with Gasteiger partial charge in [-0.25, -0.2) is 4.98 Å². The Morgan fingerprint density at radius 1 is 1.12 bits per heavy atom. The average molecular weight is 364 g/mol. The highest BCUT2D eigenvalue weighted by atomic mass is 35.5. The minimum atomic E-state index is 0.567. The van der Waals surface area contributed by atoms with Crippen molar-refractivity contribution in [1.82, 2.24) is 15.2 Å². The molecule has 4 rings (SSSR count). The molecule has 0 saturated carbocycles. The van der Waals surface area contributed by atoms with E-state index in [1.165, 1.54) is 4.90 Å². The fourth-order valence-electron chi connectivity index (χ4n) is 2.70. The minimum Gasteiger partial charge on any atom is -0.338 e. The molecule has 2 aromatic heterocycles. The molecule has 7 heteroatoms. The van der Waals surface area contributed by atoms with E-state index in [0.29, 0.717) is 22.2 Å². The Morgan fingerprint density at radius 3 is 2.77 bits per heavy atom. The summed E-state index contributed by atoms with van der Waals surface area (Å²) in [7, 11) is 0. The van der Waals surface area contributed by atoms with E-state index in [1.54, 1.807) is 42.7 Å². The van der Waals surface area contributed by atoms with E-state index >= 15 is 0 Å². The average Bonchev–Trinajstić information content (AvgIpc) is 3.13. The van der Waals surface area contributed by atoms with Crippen LogP contribution in [-0.2, 0) is 4.79 Å². The molecule has 4 aromatic rings. The Balaban J connectivity index is 1.71. The normalized spacial score (nSPS) is 10.7. The second-order valence-corrected chi connectivity index (χ2v) is 6.06. The van der Waals surface area contributed by atoms with Crippen molar-refractivity contribution in [2.45, 2.75) is 0 Å². The molecule has 0 aliphatic carbocycles. The first-order valence-corrected chi connectivity index (χ1v) is 8.28. The van der Waals surface area contributed by atoms with Crippen LogP contribution in [0.1, 0.15) is 0 Å². The number of hydrogen-bond donors (Lipinski definition) is 2. The second-order valence-electron chi connectivity index (χ2n) is 5.62. The van der Waals surface area contributed by atoms with E-state index in [-0.39, 0.29) is 0 Å². The van der Waals surface area contributed by atoms with E-state index in [4.69, 9.17) is 11.6 Å². The highest BCUT2D eigenvalue weighted by molar-refractivity contribution is 6.30. The summed E-state index contributed by atoms with van der Waals surface area (Å²) in [6.45, 7) is 0. The standard InChI is InChI=1S/C19H14ClN5O/c20-14-3-6-16(7-4-14)25(12-26)18-2-1-9-21-19(18)23-15-5-8-17-13(10-15)11-22-24-17/h1-12H,(H,21,23)(H,22,24). The van der Waals surface area contributed by atoms with Crippen molar-refractivity contribution in [3.05, 3.63) is 72.0 Å². The third kappa shape index (κ3) is 3.10. The van der Waals surface area contributed by atoms with Crippen molar-refractivity contribution < 1.29 is 4.79 Å². The van der Waals surface area contributed by atoms with Crippen LogP contribution >= 0.6 is 11.6 Å². The van der Waals surface area contributed by atoms with Crippen molar-refractivity contribution in [1.29, 1.82) is 0 Å². The molecule has 26 heavy (non-hydrogen) atoms. The molecule has 1 amide bonds. The van der Waals surface area contributed by atoms with Crippen LogP contribution in [-0.4, -0.2) is 21.6 Å². The second kappa shape index (κ2) is 6.85. The lowest BCUT2D eigenvalue weighted by molar-refractivity contribution is -0.106. The van der Waals surface area contributed by atoms with Gasteiger partial charge in [0.25, 0.3) is 0 Å². The Labute approximate surface area is 154 Å². The van der Waals surface area contributed by atoms with Gasteiger partial charge in [-0.2, -0.15) is 5.10 Å². The molecule has 0 saturated heterocycles. The van der Waals surface area contributed by atoms with Crippen LogP contribution in [0.25, 0.3) is 10.9 Å². The molecule has 0 aliphatic rings. The molecule has 0 fully saturated rings. The lowest BCUT2D eigenvalue weighted by Gasteiger charge is -2.20. The van der Waals surface area contributed by atoms with Gasteiger partial charge in [0.2, 0.25) is 6.41 Å². The molecule has 0 spiro atoms. The Morgan fingerprint density at radius 2 is 1.96 bits per heavy atom. The maximum absolute atomic E-state index is 11.8. The number of carbonyl (C=O) groups excluding carboxylic acids is 1. The summed E-state index contributed by atoms with van der Waals surface area (Å²) in [6.07, 6.45) is 4.18. The molecule has 6 nitrogen and oxygen atoms in total. The number of rotatable bonds is 5.